The Balaban J connectivity index is 1.48. The van der Waals surface area contributed by atoms with Crippen molar-refractivity contribution in [1.29, 1.82) is 0 Å². The van der Waals surface area contributed by atoms with E-state index >= 15 is 0 Å². The van der Waals surface area contributed by atoms with Crippen LogP contribution in [0.25, 0.3) is 10.2 Å². The molecular formula is C20H20F3N5OS. The summed E-state index contributed by atoms with van der Waals surface area (Å²) in [5.74, 6) is 1.11. The standard InChI is InChI=1S/C20H20F3N5OS/c1-11-16-12(2)25-13(3)26-18(16)30-17(11)19(29)28-8-6-27(7-9-28)15-5-4-14(10-24-15)20(21,22)23/h4-5,10H,6-9H2,1-3H3. The Bertz CT molecular complexity index is 1100. The van der Waals surface area contributed by atoms with Crippen LogP contribution in [-0.2, 0) is 6.18 Å². The van der Waals surface area contributed by atoms with E-state index in [4.69, 9.17) is 0 Å². The van der Waals surface area contributed by atoms with Crippen LogP contribution in [0, 0.1) is 20.8 Å². The van der Waals surface area contributed by atoms with E-state index in [1.165, 1.54) is 17.4 Å². The number of thiophene rings is 1. The van der Waals surface area contributed by atoms with Crippen LogP contribution in [0.5, 0.6) is 0 Å². The number of anilines is 1. The molecule has 10 heteroatoms. The van der Waals surface area contributed by atoms with Crippen LogP contribution in [-0.4, -0.2) is 51.9 Å². The van der Waals surface area contributed by atoms with Crippen molar-refractivity contribution in [3.05, 3.63) is 45.9 Å². The summed E-state index contributed by atoms with van der Waals surface area (Å²) in [7, 11) is 0. The van der Waals surface area contributed by atoms with Crippen molar-refractivity contribution in [3.63, 3.8) is 0 Å². The van der Waals surface area contributed by atoms with E-state index in [0.29, 0.717) is 42.7 Å². The van der Waals surface area contributed by atoms with Gasteiger partial charge in [-0.1, -0.05) is 0 Å². The number of alkyl halides is 3. The quantitative estimate of drug-likeness (QED) is 0.609. The van der Waals surface area contributed by atoms with Gasteiger partial charge in [-0.15, -0.1) is 11.3 Å². The predicted molar refractivity (Wildman–Crippen MR) is 109 cm³/mol. The molecule has 158 valence electrons. The first-order valence-corrected chi connectivity index (χ1v) is 10.3. The molecule has 0 saturated carbocycles. The van der Waals surface area contributed by atoms with Crippen LogP contribution in [0.4, 0.5) is 19.0 Å². The average molecular weight is 435 g/mol. The number of hydrogen-bond donors (Lipinski definition) is 0. The van der Waals surface area contributed by atoms with Gasteiger partial charge in [0, 0.05) is 43.5 Å². The minimum absolute atomic E-state index is 0.0485. The maximum atomic E-state index is 13.1. The Morgan fingerprint density at radius 2 is 1.77 bits per heavy atom. The molecule has 0 unspecified atom stereocenters. The van der Waals surface area contributed by atoms with E-state index < -0.39 is 11.7 Å². The van der Waals surface area contributed by atoms with E-state index in [1.54, 1.807) is 4.90 Å². The molecule has 3 aromatic heterocycles. The first kappa shape index (κ1) is 20.5. The number of halogens is 3. The molecule has 0 spiro atoms. The molecule has 0 atom stereocenters. The van der Waals surface area contributed by atoms with Crippen molar-refractivity contribution in [1.82, 2.24) is 19.9 Å². The summed E-state index contributed by atoms with van der Waals surface area (Å²) >= 11 is 1.38. The minimum atomic E-state index is -4.40. The first-order valence-electron chi connectivity index (χ1n) is 9.47. The van der Waals surface area contributed by atoms with Gasteiger partial charge in [-0.25, -0.2) is 15.0 Å². The maximum Gasteiger partial charge on any atom is 0.417 e. The Morgan fingerprint density at radius 3 is 2.37 bits per heavy atom. The zero-order chi connectivity index (χ0) is 21.6. The second kappa shape index (κ2) is 7.50. The SMILES string of the molecule is Cc1nc(C)c2c(C)c(C(=O)N3CCN(c4ccc(C(F)(F)F)cn4)CC3)sc2n1. The zero-order valence-electron chi connectivity index (χ0n) is 16.7. The lowest BCUT2D eigenvalue weighted by atomic mass is 10.1. The molecule has 4 rings (SSSR count). The topological polar surface area (TPSA) is 62.2 Å². The third-order valence-corrected chi connectivity index (χ3v) is 6.42. The van der Waals surface area contributed by atoms with Crippen LogP contribution in [0.1, 0.15) is 32.3 Å². The van der Waals surface area contributed by atoms with Gasteiger partial charge in [0.1, 0.15) is 16.5 Å². The van der Waals surface area contributed by atoms with E-state index in [9.17, 15) is 18.0 Å². The van der Waals surface area contributed by atoms with Crippen LogP contribution in [0.2, 0.25) is 0 Å². The lowest BCUT2D eigenvalue weighted by Crippen LogP contribution is -2.49. The van der Waals surface area contributed by atoms with Crippen LogP contribution in [0.3, 0.4) is 0 Å². The number of carbonyl (C=O) groups excluding carboxylic acids is 1. The summed E-state index contributed by atoms with van der Waals surface area (Å²) in [5, 5.41) is 0.932. The molecule has 0 N–H and O–H groups in total. The van der Waals surface area contributed by atoms with Crippen LogP contribution in [0.15, 0.2) is 18.3 Å². The Labute approximate surface area is 175 Å². The van der Waals surface area contributed by atoms with Crippen molar-refractivity contribution >= 4 is 33.3 Å². The Kier molecular flexibility index (Phi) is 5.13. The molecular weight excluding hydrogens is 415 g/mol. The van der Waals surface area contributed by atoms with Gasteiger partial charge >= 0.3 is 6.18 Å². The van der Waals surface area contributed by atoms with Gasteiger partial charge in [0.05, 0.1) is 10.4 Å². The third-order valence-electron chi connectivity index (χ3n) is 5.24. The molecule has 0 radical (unpaired) electrons. The molecule has 30 heavy (non-hydrogen) atoms. The zero-order valence-corrected chi connectivity index (χ0v) is 17.6. The fourth-order valence-corrected chi connectivity index (χ4v) is 4.95. The smallest absolute Gasteiger partial charge is 0.353 e. The molecule has 4 heterocycles. The summed E-state index contributed by atoms with van der Waals surface area (Å²) in [5.41, 5.74) is 0.988. The largest absolute Gasteiger partial charge is 0.417 e. The van der Waals surface area contributed by atoms with Crippen molar-refractivity contribution in [2.75, 3.05) is 31.1 Å². The van der Waals surface area contributed by atoms with Crippen LogP contribution >= 0.6 is 11.3 Å². The minimum Gasteiger partial charge on any atom is -0.353 e. The monoisotopic (exact) mass is 435 g/mol. The highest BCUT2D eigenvalue weighted by atomic mass is 32.1. The van der Waals surface area contributed by atoms with Crippen molar-refractivity contribution in [3.8, 4) is 0 Å². The van der Waals surface area contributed by atoms with Gasteiger partial charge in [0.25, 0.3) is 5.91 Å². The molecule has 1 aliphatic rings. The highest BCUT2D eigenvalue weighted by Gasteiger charge is 2.31. The number of carbonyl (C=O) groups is 1. The molecule has 6 nitrogen and oxygen atoms in total. The third kappa shape index (κ3) is 3.71. The van der Waals surface area contributed by atoms with Gasteiger partial charge in [-0.05, 0) is 38.5 Å². The summed E-state index contributed by atoms with van der Waals surface area (Å²) in [4.78, 5) is 31.1. The van der Waals surface area contributed by atoms with Crippen LogP contribution < -0.4 is 4.90 Å². The summed E-state index contributed by atoms with van der Waals surface area (Å²) in [6, 6.07) is 2.41. The van der Waals surface area contributed by atoms with Gasteiger partial charge in [-0.2, -0.15) is 13.2 Å². The number of nitrogens with zero attached hydrogens (tertiary/aromatic N) is 5. The fraction of sp³-hybridized carbons (Fsp3) is 0.400. The number of rotatable bonds is 2. The Hall–Kier alpha value is -2.75. The predicted octanol–water partition coefficient (Wildman–Crippen LogP) is 3.99. The first-order chi connectivity index (χ1) is 14.1. The molecule has 0 bridgehead atoms. The average Bonchev–Trinajstić information content (AvgIpc) is 3.03. The van der Waals surface area contributed by atoms with Gasteiger partial charge < -0.3 is 9.80 Å². The molecule has 1 amide bonds. The number of pyridine rings is 1. The number of hydrogen-bond acceptors (Lipinski definition) is 6. The number of fused-ring (bicyclic) bond motifs is 1. The summed E-state index contributed by atoms with van der Waals surface area (Å²) in [6.45, 7) is 7.62. The van der Waals surface area contributed by atoms with E-state index in [2.05, 4.69) is 15.0 Å². The van der Waals surface area contributed by atoms with E-state index in [-0.39, 0.29) is 5.91 Å². The van der Waals surface area contributed by atoms with Gasteiger partial charge in [-0.3, -0.25) is 4.79 Å². The number of amides is 1. The molecule has 1 aliphatic heterocycles. The number of aromatic nitrogens is 3. The number of piperazine rings is 1. The molecule has 3 aromatic rings. The lowest BCUT2D eigenvalue weighted by molar-refractivity contribution is -0.137. The second-order valence-corrected chi connectivity index (χ2v) is 8.27. The summed E-state index contributed by atoms with van der Waals surface area (Å²) < 4.78 is 38.1. The Morgan fingerprint density at radius 1 is 1.07 bits per heavy atom. The fourth-order valence-electron chi connectivity index (χ4n) is 3.70. The maximum absolute atomic E-state index is 13.1. The van der Waals surface area contributed by atoms with Gasteiger partial charge in [0.15, 0.2) is 0 Å². The van der Waals surface area contributed by atoms with E-state index in [0.717, 1.165) is 33.7 Å². The molecule has 0 aromatic carbocycles. The molecule has 1 saturated heterocycles. The molecule has 0 aliphatic carbocycles. The van der Waals surface area contributed by atoms with E-state index in [1.807, 2.05) is 25.7 Å². The highest BCUT2D eigenvalue weighted by Crippen LogP contribution is 2.33. The van der Waals surface area contributed by atoms with Crippen molar-refractivity contribution < 1.29 is 18.0 Å². The lowest BCUT2D eigenvalue weighted by Gasteiger charge is -2.35. The molecule has 1 fully saturated rings. The second-order valence-electron chi connectivity index (χ2n) is 7.27. The highest BCUT2D eigenvalue weighted by molar-refractivity contribution is 7.20. The normalized spacial score (nSPS) is 15.1. The van der Waals surface area contributed by atoms with Gasteiger partial charge in [0.2, 0.25) is 0 Å². The summed E-state index contributed by atoms with van der Waals surface area (Å²) in [6.07, 6.45) is -3.56. The van der Waals surface area contributed by atoms with Crippen molar-refractivity contribution in [2.45, 2.75) is 26.9 Å². The van der Waals surface area contributed by atoms with Crippen molar-refractivity contribution in [2.24, 2.45) is 0 Å². The number of aryl methyl sites for hydroxylation is 3.